The molecule has 0 radical (unpaired) electrons. The summed E-state index contributed by atoms with van der Waals surface area (Å²) in [4.78, 5) is 11.4. The molecule has 2 N–H and O–H groups in total. The van der Waals surface area contributed by atoms with E-state index < -0.39 is 0 Å². The summed E-state index contributed by atoms with van der Waals surface area (Å²) in [6, 6.07) is 0. The van der Waals surface area contributed by atoms with Gasteiger partial charge < -0.3 is 0 Å². The maximum atomic E-state index is 11.4. The van der Waals surface area contributed by atoms with E-state index in [0.29, 0.717) is 4.77 Å². The summed E-state index contributed by atoms with van der Waals surface area (Å²) in [5.74, 6) is 0. The molecule has 4 nitrogen and oxygen atoms in total. The summed E-state index contributed by atoms with van der Waals surface area (Å²) in [6.45, 7) is 6.14. The van der Waals surface area contributed by atoms with Gasteiger partial charge in [-0.2, -0.15) is 0 Å². The van der Waals surface area contributed by atoms with E-state index in [9.17, 15) is 4.79 Å². The van der Waals surface area contributed by atoms with Crippen molar-refractivity contribution in [3.63, 3.8) is 0 Å². The molecule has 1 aromatic rings. The number of hydrogen-bond acceptors (Lipinski definition) is 2. The van der Waals surface area contributed by atoms with Gasteiger partial charge in [-0.15, -0.1) is 0 Å². The summed E-state index contributed by atoms with van der Waals surface area (Å²) < 4.78 is 2.08. The summed E-state index contributed by atoms with van der Waals surface area (Å²) in [5, 5.41) is 5.14. The standard InChI is InChI=1S/C8H15N3OS/c1-4-8(3,5-2)11-6(12)9-10-7(11)13/h4-5H2,1-3H3,(H,9,12)(H,10,13). The van der Waals surface area contributed by atoms with Crippen molar-refractivity contribution in [2.75, 3.05) is 0 Å². The molecule has 0 aliphatic carbocycles. The molecule has 0 amide bonds. The first-order valence-corrected chi connectivity index (χ1v) is 4.86. The molecule has 0 aliphatic heterocycles. The summed E-state index contributed by atoms with van der Waals surface area (Å²) in [7, 11) is 0. The zero-order valence-corrected chi connectivity index (χ0v) is 8.99. The molecule has 1 rings (SSSR count). The van der Waals surface area contributed by atoms with Crippen LogP contribution in [0.5, 0.6) is 0 Å². The molecule has 0 aromatic carbocycles. The second-order valence-electron chi connectivity index (χ2n) is 3.40. The predicted octanol–water partition coefficient (Wildman–Crippen LogP) is 1.77. The maximum Gasteiger partial charge on any atom is 0.342 e. The van der Waals surface area contributed by atoms with E-state index in [2.05, 4.69) is 24.0 Å². The van der Waals surface area contributed by atoms with Crippen LogP contribution in [0.3, 0.4) is 0 Å². The van der Waals surface area contributed by atoms with Gasteiger partial charge in [-0.3, -0.25) is 9.67 Å². The minimum absolute atomic E-state index is 0.156. The molecule has 13 heavy (non-hydrogen) atoms. The van der Waals surface area contributed by atoms with Crippen LogP contribution in [0.4, 0.5) is 0 Å². The third-order valence-corrected chi connectivity index (χ3v) is 3.03. The molecule has 0 bridgehead atoms. The molecule has 1 heterocycles. The highest BCUT2D eigenvalue weighted by Crippen LogP contribution is 2.22. The Bertz CT molecular complexity index is 355. The second kappa shape index (κ2) is 3.49. The van der Waals surface area contributed by atoms with Crippen molar-refractivity contribution in [3.8, 4) is 0 Å². The van der Waals surface area contributed by atoms with Gasteiger partial charge in [0, 0.05) is 5.54 Å². The van der Waals surface area contributed by atoms with Gasteiger partial charge in [-0.25, -0.2) is 9.89 Å². The highest BCUT2D eigenvalue weighted by molar-refractivity contribution is 7.71. The summed E-state index contributed by atoms with van der Waals surface area (Å²) in [6.07, 6.45) is 1.78. The average Bonchev–Trinajstić information content (AvgIpc) is 2.46. The largest absolute Gasteiger partial charge is 0.342 e. The van der Waals surface area contributed by atoms with Gasteiger partial charge in [0.2, 0.25) is 0 Å². The monoisotopic (exact) mass is 201 g/mol. The third-order valence-electron chi connectivity index (χ3n) is 2.75. The fourth-order valence-electron chi connectivity index (χ4n) is 1.37. The first kappa shape index (κ1) is 10.2. The second-order valence-corrected chi connectivity index (χ2v) is 3.79. The van der Waals surface area contributed by atoms with E-state index >= 15 is 0 Å². The van der Waals surface area contributed by atoms with Crippen LogP contribution in [0.25, 0.3) is 0 Å². The van der Waals surface area contributed by atoms with Crippen molar-refractivity contribution in [2.24, 2.45) is 0 Å². The molecule has 1 aromatic heterocycles. The minimum Gasteiger partial charge on any atom is -0.272 e. The molecule has 0 fully saturated rings. The number of aromatic amines is 2. The number of rotatable bonds is 3. The first-order valence-electron chi connectivity index (χ1n) is 4.45. The lowest BCUT2D eigenvalue weighted by Gasteiger charge is -2.26. The first-order chi connectivity index (χ1) is 6.05. The lowest BCUT2D eigenvalue weighted by Crippen LogP contribution is -2.36. The quantitative estimate of drug-likeness (QED) is 0.732. The number of hydrogen-bond donors (Lipinski definition) is 2. The van der Waals surface area contributed by atoms with Crippen LogP contribution in [0.2, 0.25) is 0 Å². The Labute approximate surface area is 82.0 Å². The lowest BCUT2D eigenvalue weighted by atomic mass is 9.95. The minimum atomic E-state index is -0.176. The van der Waals surface area contributed by atoms with E-state index in [-0.39, 0.29) is 11.2 Å². The Morgan fingerprint density at radius 2 is 1.92 bits per heavy atom. The van der Waals surface area contributed by atoms with Gasteiger partial charge in [0.25, 0.3) is 0 Å². The summed E-state index contributed by atoms with van der Waals surface area (Å²) in [5.41, 5.74) is -0.332. The van der Waals surface area contributed by atoms with Crippen molar-refractivity contribution in [2.45, 2.75) is 39.2 Å². The molecule has 0 spiro atoms. The lowest BCUT2D eigenvalue weighted by molar-refractivity contribution is 0.282. The number of nitrogens with one attached hydrogen (secondary N) is 2. The van der Waals surface area contributed by atoms with E-state index in [1.54, 1.807) is 4.57 Å². The number of nitrogens with zero attached hydrogens (tertiary/aromatic N) is 1. The molecule has 74 valence electrons. The van der Waals surface area contributed by atoms with E-state index in [1.165, 1.54) is 0 Å². The zero-order valence-electron chi connectivity index (χ0n) is 8.18. The highest BCUT2D eigenvalue weighted by Gasteiger charge is 2.24. The Kier molecular flexibility index (Phi) is 2.75. The molecule has 0 saturated carbocycles. The highest BCUT2D eigenvalue weighted by atomic mass is 32.1. The van der Waals surface area contributed by atoms with Gasteiger partial charge in [0.05, 0.1) is 0 Å². The SMILES string of the molecule is CCC(C)(CC)n1c(=O)[nH][nH]c1=S. The topological polar surface area (TPSA) is 53.6 Å². The molecule has 5 heteroatoms. The maximum absolute atomic E-state index is 11.4. The Morgan fingerprint density at radius 3 is 2.23 bits per heavy atom. The third kappa shape index (κ3) is 1.60. The van der Waals surface area contributed by atoms with Crippen LogP contribution in [-0.2, 0) is 5.54 Å². The van der Waals surface area contributed by atoms with Gasteiger partial charge in [-0.1, -0.05) is 13.8 Å². The van der Waals surface area contributed by atoms with Gasteiger partial charge >= 0.3 is 5.69 Å². The van der Waals surface area contributed by atoms with Crippen molar-refractivity contribution < 1.29 is 0 Å². The average molecular weight is 201 g/mol. The molecule has 0 unspecified atom stereocenters. The molecular formula is C8H15N3OS. The van der Waals surface area contributed by atoms with Gasteiger partial charge in [-0.05, 0) is 32.0 Å². The number of aromatic nitrogens is 3. The molecule has 0 atom stereocenters. The van der Waals surface area contributed by atoms with Crippen molar-refractivity contribution in [3.05, 3.63) is 15.3 Å². The normalized spacial score (nSPS) is 11.9. The van der Waals surface area contributed by atoms with Crippen LogP contribution in [0.1, 0.15) is 33.6 Å². The summed E-state index contributed by atoms with van der Waals surface area (Å²) >= 11 is 5.03. The smallest absolute Gasteiger partial charge is 0.272 e. The van der Waals surface area contributed by atoms with Crippen LogP contribution >= 0.6 is 12.2 Å². The molecule has 0 saturated heterocycles. The fourth-order valence-corrected chi connectivity index (χ4v) is 1.72. The van der Waals surface area contributed by atoms with Crippen LogP contribution in [0, 0.1) is 4.77 Å². The molecular weight excluding hydrogens is 186 g/mol. The molecule has 0 aliphatic rings. The van der Waals surface area contributed by atoms with E-state index in [4.69, 9.17) is 12.2 Å². The fraction of sp³-hybridized carbons (Fsp3) is 0.750. The number of H-pyrrole nitrogens is 2. The Hall–Kier alpha value is -0.840. The zero-order chi connectivity index (χ0) is 10.1. The van der Waals surface area contributed by atoms with Gasteiger partial charge in [0.1, 0.15) is 0 Å². The van der Waals surface area contributed by atoms with Crippen LogP contribution < -0.4 is 5.69 Å². The van der Waals surface area contributed by atoms with Gasteiger partial charge in [0.15, 0.2) is 4.77 Å². The van der Waals surface area contributed by atoms with Crippen LogP contribution in [-0.4, -0.2) is 14.8 Å². The predicted molar refractivity (Wildman–Crippen MR) is 54.5 cm³/mol. The Balaban J connectivity index is 3.35. The van der Waals surface area contributed by atoms with E-state index in [0.717, 1.165) is 12.8 Å². The van der Waals surface area contributed by atoms with Crippen molar-refractivity contribution in [1.82, 2.24) is 14.8 Å². The van der Waals surface area contributed by atoms with E-state index in [1.807, 2.05) is 6.92 Å². The van der Waals surface area contributed by atoms with Crippen LogP contribution in [0.15, 0.2) is 4.79 Å². The van der Waals surface area contributed by atoms with Crippen molar-refractivity contribution >= 4 is 12.2 Å². The van der Waals surface area contributed by atoms with Crippen molar-refractivity contribution in [1.29, 1.82) is 0 Å². The Morgan fingerprint density at radius 1 is 1.38 bits per heavy atom.